The number of ether oxygens (including phenoxy) is 2. The van der Waals surface area contributed by atoms with Crippen LogP contribution in [0, 0.1) is 0 Å². The molecule has 0 aliphatic heterocycles. The van der Waals surface area contributed by atoms with Crippen molar-refractivity contribution in [3.63, 3.8) is 0 Å². The number of carbonyl (C=O) groups excluding carboxylic acids is 2. The van der Waals surface area contributed by atoms with Crippen molar-refractivity contribution in [2.24, 2.45) is 0 Å². The second-order valence-electron chi connectivity index (χ2n) is 5.92. The lowest BCUT2D eigenvalue weighted by Crippen LogP contribution is -2.30. The van der Waals surface area contributed by atoms with Crippen LogP contribution in [-0.2, 0) is 14.3 Å². The number of hydrogen-bond donors (Lipinski definition) is 1. The van der Waals surface area contributed by atoms with Gasteiger partial charge in [-0.3, -0.25) is 0 Å². The topological polar surface area (TPSA) is 64.6 Å². The van der Waals surface area contributed by atoms with Gasteiger partial charge in [-0.25, -0.2) is 9.59 Å². The van der Waals surface area contributed by atoms with Gasteiger partial charge in [-0.1, -0.05) is 18.6 Å². The van der Waals surface area contributed by atoms with Crippen LogP contribution in [-0.4, -0.2) is 31.8 Å². The zero-order chi connectivity index (χ0) is 17.7. The van der Waals surface area contributed by atoms with Crippen LogP contribution in [0.4, 0.5) is 4.79 Å². The van der Waals surface area contributed by atoms with Gasteiger partial charge in [0.15, 0.2) is 0 Å². The molecule has 132 valence electrons. The second-order valence-corrected chi connectivity index (χ2v) is 5.92. The van der Waals surface area contributed by atoms with Gasteiger partial charge in [0.25, 0.3) is 0 Å². The quantitative estimate of drug-likeness (QED) is 0.345. The van der Waals surface area contributed by atoms with E-state index in [-0.39, 0.29) is 18.2 Å². The molecule has 0 radical (unpaired) electrons. The summed E-state index contributed by atoms with van der Waals surface area (Å²) in [5.41, 5.74) is 1.59. The summed E-state index contributed by atoms with van der Waals surface area (Å²) in [6.07, 6.45) is 7.50. The fourth-order valence-electron chi connectivity index (χ4n) is 2.13. The van der Waals surface area contributed by atoms with Gasteiger partial charge in [0.2, 0.25) is 0 Å². The fraction of sp³-hybridized carbons (Fsp3) is 0.667. The Kier molecular flexibility index (Phi) is 11.7. The highest BCUT2D eigenvalue weighted by Gasteiger charge is 2.16. The zero-order valence-electron chi connectivity index (χ0n) is 14.8. The first-order chi connectivity index (χ1) is 10.9. The van der Waals surface area contributed by atoms with Crippen molar-refractivity contribution in [2.45, 2.75) is 64.9 Å². The predicted molar refractivity (Wildman–Crippen MR) is 92.2 cm³/mol. The van der Waals surface area contributed by atoms with Crippen molar-refractivity contribution in [3.8, 4) is 0 Å². The Hall–Kier alpha value is -1.78. The van der Waals surface area contributed by atoms with Gasteiger partial charge < -0.3 is 14.8 Å². The number of carbonyl (C=O) groups is 2. The molecule has 0 unspecified atom stereocenters. The van der Waals surface area contributed by atoms with Crippen LogP contribution in [0.15, 0.2) is 24.3 Å². The average Bonchev–Trinajstić information content (AvgIpc) is 2.52. The van der Waals surface area contributed by atoms with Crippen molar-refractivity contribution < 1.29 is 19.1 Å². The van der Waals surface area contributed by atoms with Gasteiger partial charge in [0, 0.05) is 12.1 Å². The third-order valence-electron chi connectivity index (χ3n) is 3.41. The number of alkyl carbamates (subject to hydrolysis) is 1. The molecule has 1 amide bonds. The molecular formula is C18H31NO4. The molecule has 0 bridgehead atoms. The molecule has 0 heterocycles. The average molecular weight is 325 g/mol. The van der Waals surface area contributed by atoms with E-state index in [0.29, 0.717) is 12.1 Å². The van der Waals surface area contributed by atoms with E-state index in [4.69, 9.17) is 4.74 Å². The normalized spacial score (nSPS) is 14.0. The number of nitrogens with one attached hydrogen (secondary N) is 1. The van der Waals surface area contributed by atoms with Crippen LogP contribution in [0.1, 0.15) is 58.8 Å². The molecule has 1 aliphatic carbocycles. The Morgan fingerprint density at radius 1 is 1.13 bits per heavy atom. The highest BCUT2D eigenvalue weighted by atomic mass is 16.6. The molecule has 1 saturated carbocycles. The van der Waals surface area contributed by atoms with Crippen molar-refractivity contribution in [1.29, 1.82) is 0 Å². The predicted octanol–water partition coefficient (Wildman–Crippen LogP) is 4.14. The second kappa shape index (κ2) is 12.7. The molecule has 5 heteroatoms. The first-order valence-electron chi connectivity index (χ1n) is 8.19. The lowest BCUT2D eigenvalue weighted by atomic mass is 9.98. The molecule has 5 nitrogen and oxygen atoms in total. The zero-order valence-corrected chi connectivity index (χ0v) is 14.8. The number of rotatable bonds is 6. The van der Waals surface area contributed by atoms with Gasteiger partial charge in [-0.05, 0) is 52.4 Å². The Bertz CT molecular complexity index is 398. The van der Waals surface area contributed by atoms with Gasteiger partial charge in [-0.15, -0.1) is 6.58 Å². The van der Waals surface area contributed by atoms with E-state index in [1.54, 1.807) is 6.92 Å². The maximum absolute atomic E-state index is 11.4. The van der Waals surface area contributed by atoms with E-state index in [1.165, 1.54) is 26.4 Å². The standard InChI is InChI=1S/C13H23NO2.C5H8O2/c1-11(2)7-6-10-14-13(15)16-12-8-4-3-5-9-12;1-4(2)5(6)7-3/h12H,1,3-10H2,2H3,(H,14,15);1H2,2-3H3. The van der Waals surface area contributed by atoms with Gasteiger partial charge >= 0.3 is 12.1 Å². The minimum Gasteiger partial charge on any atom is -0.466 e. The highest BCUT2D eigenvalue weighted by molar-refractivity contribution is 5.86. The number of esters is 1. The molecular weight excluding hydrogens is 294 g/mol. The Morgan fingerprint density at radius 2 is 1.74 bits per heavy atom. The Balaban J connectivity index is 0.000000585. The molecule has 0 aromatic rings. The van der Waals surface area contributed by atoms with Crippen LogP contribution in [0.3, 0.4) is 0 Å². The number of amides is 1. The maximum Gasteiger partial charge on any atom is 0.407 e. The SMILES string of the molecule is C=C(C)C(=O)OC.C=C(C)CCCNC(=O)OC1CCCCC1. The molecule has 0 saturated heterocycles. The number of methoxy groups -OCH3 is 1. The van der Waals surface area contributed by atoms with E-state index in [9.17, 15) is 9.59 Å². The van der Waals surface area contributed by atoms with Crippen molar-refractivity contribution in [1.82, 2.24) is 5.32 Å². The summed E-state index contributed by atoms with van der Waals surface area (Å²) in [7, 11) is 1.33. The highest BCUT2D eigenvalue weighted by Crippen LogP contribution is 2.20. The first-order valence-corrected chi connectivity index (χ1v) is 8.19. The van der Waals surface area contributed by atoms with E-state index < -0.39 is 0 Å². The van der Waals surface area contributed by atoms with Gasteiger partial charge in [0.05, 0.1) is 7.11 Å². The molecule has 1 N–H and O–H groups in total. The van der Waals surface area contributed by atoms with Crippen LogP contribution >= 0.6 is 0 Å². The third kappa shape index (κ3) is 12.4. The summed E-state index contributed by atoms with van der Waals surface area (Å²) in [6, 6.07) is 0. The van der Waals surface area contributed by atoms with E-state index in [0.717, 1.165) is 31.3 Å². The first kappa shape index (κ1) is 21.2. The van der Waals surface area contributed by atoms with Crippen molar-refractivity contribution in [3.05, 3.63) is 24.3 Å². The molecule has 1 aliphatic rings. The fourth-order valence-corrected chi connectivity index (χ4v) is 2.13. The summed E-state index contributed by atoms with van der Waals surface area (Å²) in [5, 5.41) is 2.78. The van der Waals surface area contributed by atoms with Gasteiger partial charge in [0.1, 0.15) is 6.10 Å². The molecule has 0 aromatic carbocycles. The summed E-state index contributed by atoms with van der Waals surface area (Å²) < 4.78 is 9.60. The largest absolute Gasteiger partial charge is 0.466 e. The monoisotopic (exact) mass is 325 g/mol. The maximum atomic E-state index is 11.4. The van der Waals surface area contributed by atoms with Crippen LogP contribution in [0.5, 0.6) is 0 Å². The van der Waals surface area contributed by atoms with Crippen LogP contribution in [0.25, 0.3) is 0 Å². The lowest BCUT2D eigenvalue weighted by molar-refractivity contribution is -0.136. The summed E-state index contributed by atoms with van der Waals surface area (Å²) in [5.74, 6) is -0.347. The van der Waals surface area contributed by atoms with Gasteiger partial charge in [-0.2, -0.15) is 0 Å². The Labute approximate surface area is 140 Å². The number of hydrogen-bond acceptors (Lipinski definition) is 4. The number of allylic oxidation sites excluding steroid dienone is 1. The molecule has 0 aromatic heterocycles. The minimum absolute atomic E-state index is 0.148. The third-order valence-corrected chi connectivity index (χ3v) is 3.41. The molecule has 23 heavy (non-hydrogen) atoms. The van der Waals surface area contributed by atoms with Crippen LogP contribution in [0.2, 0.25) is 0 Å². The molecule has 0 atom stereocenters. The Morgan fingerprint density at radius 3 is 2.17 bits per heavy atom. The summed E-state index contributed by atoms with van der Waals surface area (Å²) in [4.78, 5) is 21.6. The van der Waals surface area contributed by atoms with E-state index >= 15 is 0 Å². The van der Waals surface area contributed by atoms with E-state index in [2.05, 4.69) is 23.2 Å². The summed E-state index contributed by atoms with van der Waals surface area (Å²) in [6.45, 7) is 11.5. The molecule has 0 spiro atoms. The van der Waals surface area contributed by atoms with Crippen molar-refractivity contribution in [2.75, 3.05) is 13.7 Å². The van der Waals surface area contributed by atoms with Crippen molar-refractivity contribution >= 4 is 12.1 Å². The summed E-state index contributed by atoms with van der Waals surface area (Å²) >= 11 is 0. The minimum atomic E-state index is -0.347. The lowest BCUT2D eigenvalue weighted by Gasteiger charge is -2.21. The van der Waals surface area contributed by atoms with Crippen LogP contribution < -0.4 is 5.32 Å². The van der Waals surface area contributed by atoms with E-state index in [1.807, 2.05) is 6.92 Å². The molecule has 1 rings (SSSR count). The smallest absolute Gasteiger partial charge is 0.407 e. The molecule has 1 fully saturated rings.